The van der Waals surface area contributed by atoms with Crippen molar-refractivity contribution in [1.82, 2.24) is 9.38 Å². The van der Waals surface area contributed by atoms with Crippen molar-refractivity contribution in [1.29, 1.82) is 0 Å². The summed E-state index contributed by atoms with van der Waals surface area (Å²) in [6.07, 6.45) is 0. The van der Waals surface area contributed by atoms with Gasteiger partial charge in [0.2, 0.25) is 0 Å². The minimum atomic E-state index is -0.854. The van der Waals surface area contributed by atoms with Crippen LogP contribution in [0.25, 0.3) is 16.6 Å². The second-order valence-corrected chi connectivity index (χ2v) is 5.37. The molecular weight excluding hydrogens is 340 g/mol. The minimum absolute atomic E-state index is 0.0369. The first-order valence-electron chi connectivity index (χ1n) is 8.04. The third-order valence-corrected chi connectivity index (χ3v) is 3.81. The van der Waals surface area contributed by atoms with E-state index in [2.05, 4.69) is 4.98 Å². The predicted molar refractivity (Wildman–Crippen MR) is 93.7 cm³/mol. The standard InChI is InChI=1S/C18H16N2O6/c1-3-25-17(23)11-9-12(18(24)26-4-2)16(22)20-13-8-6-5-7-10(13)15(21)19-14(11)20/h5-9H,3-4H2,1-2H3,(H,19,21). The van der Waals surface area contributed by atoms with E-state index in [0.717, 1.165) is 10.5 Å². The molecule has 1 N–H and O–H groups in total. The van der Waals surface area contributed by atoms with Gasteiger partial charge in [-0.1, -0.05) is 12.1 Å². The molecule has 0 aliphatic heterocycles. The van der Waals surface area contributed by atoms with Crippen molar-refractivity contribution >= 4 is 28.5 Å². The molecule has 0 amide bonds. The smallest absolute Gasteiger partial charge is 0.343 e. The van der Waals surface area contributed by atoms with Crippen molar-refractivity contribution in [3.8, 4) is 0 Å². The molecule has 0 spiro atoms. The number of hydrogen-bond donors (Lipinski definition) is 1. The zero-order valence-corrected chi connectivity index (χ0v) is 14.2. The van der Waals surface area contributed by atoms with Gasteiger partial charge in [-0.2, -0.15) is 0 Å². The number of benzene rings is 1. The summed E-state index contributed by atoms with van der Waals surface area (Å²) in [5.74, 6) is -1.62. The van der Waals surface area contributed by atoms with Crippen LogP contribution in [0, 0.1) is 0 Å². The van der Waals surface area contributed by atoms with Gasteiger partial charge < -0.3 is 14.5 Å². The van der Waals surface area contributed by atoms with E-state index in [9.17, 15) is 19.2 Å². The van der Waals surface area contributed by atoms with Crippen LogP contribution in [0.15, 0.2) is 39.9 Å². The summed E-state index contributed by atoms with van der Waals surface area (Å²) in [5, 5.41) is 0.248. The quantitative estimate of drug-likeness (QED) is 0.561. The molecule has 0 unspecified atom stereocenters. The van der Waals surface area contributed by atoms with Crippen molar-refractivity contribution in [2.75, 3.05) is 13.2 Å². The lowest BCUT2D eigenvalue weighted by Crippen LogP contribution is -2.29. The molecule has 0 saturated heterocycles. The number of aromatic nitrogens is 2. The summed E-state index contributed by atoms with van der Waals surface area (Å²) in [6.45, 7) is 3.40. The molecule has 3 aromatic rings. The summed E-state index contributed by atoms with van der Waals surface area (Å²) in [6, 6.07) is 7.49. The lowest BCUT2D eigenvalue weighted by atomic mass is 10.1. The lowest BCUT2D eigenvalue weighted by Gasteiger charge is -2.12. The predicted octanol–water partition coefficient (Wildman–Crippen LogP) is 1.49. The second kappa shape index (κ2) is 6.83. The van der Waals surface area contributed by atoms with Crippen LogP contribution in [0.5, 0.6) is 0 Å². The highest BCUT2D eigenvalue weighted by Crippen LogP contribution is 2.15. The van der Waals surface area contributed by atoms with Crippen molar-refractivity contribution in [2.45, 2.75) is 13.8 Å². The average Bonchev–Trinajstić information content (AvgIpc) is 2.62. The van der Waals surface area contributed by atoms with Crippen molar-refractivity contribution < 1.29 is 19.1 Å². The largest absolute Gasteiger partial charge is 0.462 e. The van der Waals surface area contributed by atoms with Crippen LogP contribution in [0.2, 0.25) is 0 Å². The van der Waals surface area contributed by atoms with Gasteiger partial charge >= 0.3 is 11.9 Å². The molecule has 26 heavy (non-hydrogen) atoms. The van der Waals surface area contributed by atoms with Crippen molar-refractivity contribution in [3.63, 3.8) is 0 Å². The van der Waals surface area contributed by atoms with E-state index < -0.39 is 23.1 Å². The maximum atomic E-state index is 12.9. The number of esters is 2. The Morgan fingerprint density at radius 2 is 1.62 bits per heavy atom. The average molecular weight is 356 g/mol. The van der Waals surface area contributed by atoms with Crippen LogP contribution in [-0.2, 0) is 9.47 Å². The van der Waals surface area contributed by atoms with E-state index in [4.69, 9.17) is 9.47 Å². The number of nitrogens with zero attached hydrogens (tertiary/aromatic N) is 1. The molecule has 1 aromatic carbocycles. The molecule has 2 aromatic heterocycles. The molecule has 134 valence electrons. The molecule has 0 bridgehead atoms. The van der Waals surface area contributed by atoms with E-state index in [-0.39, 0.29) is 40.9 Å². The van der Waals surface area contributed by atoms with Gasteiger partial charge in [-0.05, 0) is 32.0 Å². The molecule has 0 saturated carbocycles. The van der Waals surface area contributed by atoms with Gasteiger partial charge in [0.15, 0.2) is 0 Å². The molecular formula is C18H16N2O6. The first kappa shape index (κ1) is 17.4. The van der Waals surface area contributed by atoms with Gasteiger partial charge in [0.1, 0.15) is 16.8 Å². The minimum Gasteiger partial charge on any atom is -0.462 e. The third-order valence-electron chi connectivity index (χ3n) is 3.81. The lowest BCUT2D eigenvalue weighted by molar-refractivity contribution is 0.0523. The summed E-state index contributed by atoms with van der Waals surface area (Å²) in [5.41, 5.74) is -1.34. The molecule has 0 aliphatic carbocycles. The number of ether oxygens (including phenoxy) is 2. The maximum Gasteiger partial charge on any atom is 0.343 e. The topological polar surface area (TPSA) is 107 Å². The summed E-state index contributed by atoms with van der Waals surface area (Å²) >= 11 is 0. The molecule has 8 nitrogen and oxygen atoms in total. The number of aromatic amines is 1. The van der Waals surface area contributed by atoms with E-state index in [1.54, 1.807) is 38.1 Å². The Kier molecular flexibility index (Phi) is 4.57. The Bertz CT molecular complexity index is 1140. The third kappa shape index (κ3) is 2.75. The maximum absolute atomic E-state index is 12.9. The molecule has 3 rings (SSSR count). The number of H-pyrrole nitrogens is 1. The van der Waals surface area contributed by atoms with Gasteiger partial charge in [-0.25, -0.2) is 9.59 Å². The van der Waals surface area contributed by atoms with Crippen LogP contribution in [-0.4, -0.2) is 34.5 Å². The Hall–Kier alpha value is -3.42. The second-order valence-electron chi connectivity index (χ2n) is 5.37. The van der Waals surface area contributed by atoms with Crippen LogP contribution >= 0.6 is 0 Å². The number of nitrogens with one attached hydrogen (secondary N) is 1. The van der Waals surface area contributed by atoms with Gasteiger partial charge in [0.25, 0.3) is 11.1 Å². The first-order valence-corrected chi connectivity index (χ1v) is 8.04. The van der Waals surface area contributed by atoms with Crippen molar-refractivity contribution in [2.24, 2.45) is 0 Å². The van der Waals surface area contributed by atoms with Crippen LogP contribution in [0.1, 0.15) is 34.6 Å². The highest BCUT2D eigenvalue weighted by Gasteiger charge is 2.23. The van der Waals surface area contributed by atoms with E-state index in [0.29, 0.717) is 0 Å². The van der Waals surface area contributed by atoms with E-state index in [1.165, 1.54) is 0 Å². The zero-order chi connectivity index (χ0) is 18.8. The number of para-hydroxylation sites is 1. The first-order chi connectivity index (χ1) is 12.5. The number of carbonyl (C=O) groups excluding carboxylic acids is 2. The Balaban J connectivity index is 2.51. The monoisotopic (exact) mass is 356 g/mol. The Labute approximate surface area is 147 Å². The number of carbonyl (C=O) groups is 2. The number of rotatable bonds is 4. The number of fused-ring (bicyclic) bond motifs is 3. The Morgan fingerprint density at radius 3 is 2.27 bits per heavy atom. The Morgan fingerprint density at radius 1 is 1.00 bits per heavy atom. The van der Waals surface area contributed by atoms with Gasteiger partial charge in [-0.15, -0.1) is 0 Å². The SMILES string of the molecule is CCOC(=O)c1cc(C(=O)OCC)c2[nH]c(=O)c3ccccc3n2c1=O. The number of pyridine rings is 1. The molecule has 0 radical (unpaired) electrons. The van der Waals surface area contributed by atoms with Crippen LogP contribution in [0.3, 0.4) is 0 Å². The normalized spacial score (nSPS) is 10.8. The summed E-state index contributed by atoms with van der Waals surface area (Å²) < 4.78 is 11.0. The van der Waals surface area contributed by atoms with Gasteiger partial charge in [-0.3, -0.25) is 14.0 Å². The molecule has 0 aliphatic rings. The summed E-state index contributed by atoms with van der Waals surface area (Å²) in [4.78, 5) is 52.3. The molecule has 0 fully saturated rings. The number of hydrogen-bond acceptors (Lipinski definition) is 6. The highest BCUT2D eigenvalue weighted by atomic mass is 16.5. The highest BCUT2D eigenvalue weighted by molar-refractivity contribution is 6.00. The fourth-order valence-corrected chi connectivity index (χ4v) is 2.73. The van der Waals surface area contributed by atoms with Crippen LogP contribution < -0.4 is 11.1 Å². The molecule has 8 heteroatoms. The molecule has 2 heterocycles. The van der Waals surface area contributed by atoms with E-state index in [1.807, 2.05) is 0 Å². The fourth-order valence-electron chi connectivity index (χ4n) is 2.73. The van der Waals surface area contributed by atoms with Gasteiger partial charge in [0, 0.05) is 0 Å². The summed E-state index contributed by atoms with van der Waals surface area (Å²) in [7, 11) is 0. The van der Waals surface area contributed by atoms with Crippen LogP contribution in [0.4, 0.5) is 0 Å². The fraction of sp³-hybridized carbons (Fsp3) is 0.222. The van der Waals surface area contributed by atoms with Crippen molar-refractivity contribution in [3.05, 3.63) is 62.2 Å². The van der Waals surface area contributed by atoms with Gasteiger partial charge in [0.05, 0.1) is 24.1 Å². The van der Waals surface area contributed by atoms with E-state index >= 15 is 0 Å². The zero-order valence-electron chi connectivity index (χ0n) is 14.2. The molecule has 0 atom stereocenters.